The van der Waals surface area contributed by atoms with Crippen LogP contribution in [0.15, 0.2) is 34.1 Å². The molecule has 1 aromatic carbocycles. The van der Waals surface area contributed by atoms with E-state index in [2.05, 4.69) is 21.4 Å². The standard InChI is InChI=1S/C12H11BrF2N2S/c13-8-3-4-9(14)11(12(8)15)10(17-16)6-7-2-1-5-18-7/h1-5,10,17H,6,16H2. The summed E-state index contributed by atoms with van der Waals surface area (Å²) in [5, 5.41) is 1.91. The van der Waals surface area contributed by atoms with Crippen molar-refractivity contribution in [3.05, 3.63) is 56.2 Å². The summed E-state index contributed by atoms with van der Waals surface area (Å²) in [6.45, 7) is 0. The number of nitrogens with two attached hydrogens (primary N) is 1. The first-order valence-electron chi connectivity index (χ1n) is 5.25. The summed E-state index contributed by atoms with van der Waals surface area (Å²) in [5.41, 5.74) is 2.43. The lowest BCUT2D eigenvalue weighted by atomic mass is 10.0. The van der Waals surface area contributed by atoms with Gasteiger partial charge in [0.2, 0.25) is 0 Å². The minimum atomic E-state index is -0.616. The van der Waals surface area contributed by atoms with Crippen LogP contribution in [0.1, 0.15) is 16.5 Å². The third kappa shape index (κ3) is 2.77. The fraction of sp³-hybridized carbons (Fsp3) is 0.167. The Balaban J connectivity index is 2.35. The van der Waals surface area contributed by atoms with Gasteiger partial charge in [0.1, 0.15) is 11.6 Å². The first kappa shape index (κ1) is 13.6. The zero-order valence-electron chi connectivity index (χ0n) is 9.29. The highest BCUT2D eigenvalue weighted by Crippen LogP contribution is 2.29. The molecule has 0 saturated heterocycles. The quantitative estimate of drug-likeness (QED) is 0.510. The van der Waals surface area contributed by atoms with Crippen molar-refractivity contribution >= 4 is 27.3 Å². The third-order valence-electron chi connectivity index (χ3n) is 2.61. The van der Waals surface area contributed by atoms with Crippen LogP contribution >= 0.6 is 27.3 Å². The molecule has 0 fully saturated rings. The molecule has 1 unspecified atom stereocenters. The molecular weight excluding hydrogens is 322 g/mol. The average Bonchev–Trinajstić information content (AvgIpc) is 2.86. The van der Waals surface area contributed by atoms with Gasteiger partial charge in [-0.1, -0.05) is 6.07 Å². The summed E-state index contributed by atoms with van der Waals surface area (Å²) in [4.78, 5) is 1.01. The number of nitrogens with one attached hydrogen (secondary N) is 1. The van der Waals surface area contributed by atoms with Gasteiger partial charge in [-0.3, -0.25) is 11.3 Å². The third-order valence-corrected chi connectivity index (χ3v) is 4.13. The van der Waals surface area contributed by atoms with Gasteiger partial charge in [-0.05, 0) is 39.5 Å². The number of benzene rings is 1. The van der Waals surface area contributed by atoms with Crippen LogP contribution in [-0.4, -0.2) is 0 Å². The van der Waals surface area contributed by atoms with E-state index < -0.39 is 17.7 Å². The second-order valence-corrected chi connectivity index (χ2v) is 5.65. The van der Waals surface area contributed by atoms with Crippen LogP contribution in [0.2, 0.25) is 0 Å². The Morgan fingerprint density at radius 2 is 2.11 bits per heavy atom. The number of halogens is 3. The van der Waals surface area contributed by atoms with Crippen molar-refractivity contribution in [2.24, 2.45) is 5.84 Å². The normalized spacial score (nSPS) is 12.7. The van der Waals surface area contributed by atoms with Gasteiger partial charge in [0, 0.05) is 16.9 Å². The van der Waals surface area contributed by atoms with E-state index in [0.717, 1.165) is 4.88 Å². The second kappa shape index (κ2) is 5.88. The van der Waals surface area contributed by atoms with Crippen LogP contribution in [0, 0.1) is 11.6 Å². The Bertz CT molecular complexity index is 531. The largest absolute Gasteiger partial charge is 0.271 e. The molecule has 0 saturated carbocycles. The van der Waals surface area contributed by atoms with Crippen LogP contribution < -0.4 is 11.3 Å². The van der Waals surface area contributed by atoms with Crippen LogP contribution in [0.25, 0.3) is 0 Å². The maximum atomic E-state index is 13.9. The highest BCUT2D eigenvalue weighted by Gasteiger charge is 2.21. The van der Waals surface area contributed by atoms with Gasteiger partial charge in [0.15, 0.2) is 0 Å². The fourth-order valence-electron chi connectivity index (χ4n) is 1.74. The smallest absolute Gasteiger partial charge is 0.145 e. The predicted octanol–water partition coefficient (Wildman–Crippen LogP) is 3.54. The fourth-order valence-corrected chi connectivity index (χ4v) is 2.83. The average molecular weight is 333 g/mol. The SMILES string of the molecule is NNC(Cc1cccs1)c1c(F)ccc(Br)c1F. The second-order valence-electron chi connectivity index (χ2n) is 3.76. The molecule has 0 radical (unpaired) electrons. The Morgan fingerprint density at radius 3 is 2.72 bits per heavy atom. The molecule has 2 aromatic rings. The van der Waals surface area contributed by atoms with E-state index >= 15 is 0 Å². The molecule has 1 aromatic heterocycles. The van der Waals surface area contributed by atoms with Gasteiger partial charge < -0.3 is 0 Å². The van der Waals surface area contributed by atoms with E-state index in [1.54, 1.807) is 0 Å². The minimum absolute atomic E-state index is 0.0414. The van der Waals surface area contributed by atoms with Crippen molar-refractivity contribution in [3.8, 4) is 0 Å². The van der Waals surface area contributed by atoms with Crippen molar-refractivity contribution in [2.45, 2.75) is 12.5 Å². The van der Waals surface area contributed by atoms with Crippen molar-refractivity contribution in [1.29, 1.82) is 0 Å². The highest BCUT2D eigenvalue weighted by atomic mass is 79.9. The molecule has 0 amide bonds. The first-order chi connectivity index (χ1) is 8.63. The molecule has 0 bridgehead atoms. The van der Waals surface area contributed by atoms with Crippen LogP contribution in [0.4, 0.5) is 8.78 Å². The highest BCUT2D eigenvalue weighted by molar-refractivity contribution is 9.10. The summed E-state index contributed by atoms with van der Waals surface area (Å²) >= 11 is 4.57. The van der Waals surface area contributed by atoms with Crippen LogP contribution in [0.3, 0.4) is 0 Å². The molecule has 6 heteroatoms. The predicted molar refractivity (Wildman–Crippen MR) is 72.1 cm³/mol. The topological polar surface area (TPSA) is 38.0 Å². The molecule has 0 spiro atoms. The lowest BCUT2D eigenvalue weighted by molar-refractivity contribution is 0.472. The van der Waals surface area contributed by atoms with Crippen molar-refractivity contribution < 1.29 is 8.78 Å². The van der Waals surface area contributed by atoms with Gasteiger partial charge in [0.25, 0.3) is 0 Å². The Labute approximate surface area is 116 Å². The number of hydrazine groups is 1. The van der Waals surface area contributed by atoms with Gasteiger partial charge in [-0.2, -0.15) is 0 Å². The lowest BCUT2D eigenvalue weighted by Crippen LogP contribution is -2.31. The summed E-state index contributed by atoms with van der Waals surface area (Å²) in [6.07, 6.45) is 0.443. The summed E-state index contributed by atoms with van der Waals surface area (Å²) < 4.78 is 27.9. The van der Waals surface area contributed by atoms with Crippen molar-refractivity contribution in [3.63, 3.8) is 0 Å². The summed E-state index contributed by atoms with van der Waals surface area (Å²) in [6, 6.07) is 5.76. The molecule has 1 atom stereocenters. The van der Waals surface area contributed by atoms with Gasteiger partial charge >= 0.3 is 0 Å². The van der Waals surface area contributed by atoms with E-state index in [1.807, 2.05) is 17.5 Å². The first-order valence-corrected chi connectivity index (χ1v) is 6.92. The summed E-state index contributed by atoms with van der Waals surface area (Å²) in [7, 11) is 0. The number of hydrogen-bond acceptors (Lipinski definition) is 3. The molecule has 18 heavy (non-hydrogen) atoms. The monoisotopic (exact) mass is 332 g/mol. The number of rotatable bonds is 4. The molecule has 3 N–H and O–H groups in total. The van der Waals surface area contributed by atoms with Crippen molar-refractivity contribution in [2.75, 3.05) is 0 Å². The van der Waals surface area contributed by atoms with E-state index in [4.69, 9.17) is 5.84 Å². The van der Waals surface area contributed by atoms with E-state index in [-0.39, 0.29) is 10.0 Å². The molecular formula is C12H11BrF2N2S. The Kier molecular flexibility index (Phi) is 4.45. The Hall–Kier alpha value is -0.820. The lowest BCUT2D eigenvalue weighted by Gasteiger charge is -2.17. The molecule has 0 aliphatic rings. The summed E-state index contributed by atoms with van der Waals surface area (Å²) in [5.74, 6) is 4.20. The minimum Gasteiger partial charge on any atom is -0.271 e. The Morgan fingerprint density at radius 1 is 1.33 bits per heavy atom. The van der Waals surface area contributed by atoms with Gasteiger partial charge in [0.05, 0.1) is 10.5 Å². The van der Waals surface area contributed by atoms with E-state index in [9.17, 15) is 8.78 Å². The van der Waals surface area contributed by atoms with E-state index in [0.29, 0.717) is 6.42 Å². The van der Waals surface area contributed by atoms with Crippen LogP contribution in [0.5, 0.6) is 0 Å². The van der Waals surface area contributed by atoms with Crippen LogP contribution in [-0.2, 0) is 6.42 Å². The maximum Gasteiger partial charge on any atom is 0.145 e. The molecule has 2 nitrogen and oxygen atoms in total. The van der Waals surface area contributed by atoms with Gasteiger partial charge in [-0.15, -0.1) is 11.3 Å². The zero-order valence-corrected chi connectivity index (χ0v) is 11.7. The maximum absolute atomic E-state index is 13.9. The molecule has 1 heterocycles. The van der Waals surface area contributed by atoms with Crippen molar-refractivity contribution in [1.82, 2.24) is 5.43 Å². The molecule has 2 rings (SSSR count). The molecule has 0 aliphatic heterocycles. The number of hydrogen-bond donors (Lipinski definition) is 2. The zero-order chi connectivity index (χ0) is 13.1. The van der Waals surface area contributed by atoms with Gasteiger partial charge in [-0.25, -0.2) is 8.78 Å². The molecule has 0 aliphatic carbocycles. The number of thiophene rings is 1. The molecule has 96 valence electrons. The van der Waals surface area contributed by atoms with E-state index in [1.165, 1.54) is 23.5 Å².